The van der Waals surface area contributed by atoms with E-state index in [1.807, 2.05) is 0 Å². The molecule has 0 radical (unpaired) electrons. The van der Waals surface area contributed by atoms with E-state index in [0.717, 1.165) is 0 Å². The van der Waals surface area contributed by atoms with E-state index in [0.29, 0.717) is 31.4 Å². The van der Waals surface area contributed by atoms with Gasteiger partial charge in [0, 0.05) is 6.54 Å². The highest BCUT2D eigenvalue weighted by Crippen LogP contribution is 2.20. The third-order valence-electron chi connectivity index (χ3n) is 2.57. The van der Waals surface area contributed by atoms with Crippen LogP contribution in [0, 0.1) is 0 Å². The number of phenolic OH excluding ortho intramolecular Hbond substituents is 1. The minimum atomic E-state index is -0.343. The second-order valence-electron chi connectivity index (χ2n) is 3.94. The quantitative estimate of drug-likeness (QED) is 0.867. The van der Waals surface area contributed by atoms with Crippen molar-refractivity contribution in [2.45, 2.75) is 6.10 Å². The minimum absolute atomic E-state index is 0.00167. The van der Waals surface area contributed by atoms with Gasteiger partial charge in [0.05, 0.1) is 36.5 Å². The standard InChI is InChI=1S/C12H14ClNO4/c13-11-2-1-8(15)5-10(11)12(16)14-6-9-7-17-3-4-18-9/h1-2,5,9,15H,3-4,6-7H2,(H,14,16). The van der Waals surface area contributed by atoms with E-state index in [-0.39, 0.29) is 23.3 Å². The molecule has 18 heavy (non-hydrogen) atoms. The molecule has 1 aromatic carbocycles. The number of nitrogens with one attached hydrogen (secondary N) is 1. The summed E-state index contributed by atoms with van der Waals surface area (Å²) in [6.45, 7) is 1.94. The Labute approximate surface area is 110 Å². The molecule has 1 heterocycles. The van der Waals surface area contributed by atoms with E-state index in [1.54, 1.807) is 0 Å². The van der Waals surface area contributed by atoms with Gasteiger partial charge in [0.1, 0.15) is 5.75 Å². The number of aromatic hydroxyl groups is 1. The van der Waals surface area contributed by atoms with Gasteiger partial charge < -0.3 is 19.9 Å². The van der Waals surface area contributed by atoms with Crippen molar-refractivity contribution >= 4 is 17.5 Å². The normalized spacial score (nSPS) is 19.5. The van der Waals surface area contributed by atoms with Crippen molar-refractivity contribution in [2.24, 2.45) is 0 Å². The van der Waals surface area contributed by atoms with Crippen LogP contribution >= 0.6 is 11.6 Å². The molecule has 0 saturated carbocycles. The topological polar surface area (TPSA) is 67.8 Å². The Hall–Kier alpha value is -1.30. The molecule has 1 fully saturated rings. The fourth-order valence-electron chi connectivity index (χ4n) is 1.64. The average molecular weight is 272 g/mol. The van der Waals surface area contributed by atoms with Crippen LogP contribution in [-0.4, -0.2) is 43.5 Å². The third-order valence-corrected chi connectivity index (χ3v) is 2.90. The van der Waals surface area contributed by atoms with Gasteiger partial charge in [0.2, 0.25) is 0 Å². The van der Waals surface area contributed by atoms with Crippen molar-refractivity contribution in [3.63, 3.8) is 0 Å². The zero-order chi connectivity index (χ0) is 13.0. The van der Waals surface area contributed by atoms with Crippen LogP contribution in [-0.2, 0) is 9.47 Å². The number of amides is 1. The first-order valence-electron chi connectivity index (χ1n) is 5.63. The van der Waals surface area contributed by atoms with Crippen LogP contribution in [0.3, 0.4) is 0 Å². The first-order chi connectivity index (χ1) is 8.66. The average Bonchev–Trinajstić information content (AvgIpc) is 2.40. The second kappa shape index (κ2) is 6.04. The summed E-state index contributed by atoms with van der Waals surface area (Å²) in [6.07, 6.45) is -0.140. The molecule has 2 rings (SSSR count). The monoisotopic (exact) mass is 271 g/mol. The van der Waals surface area contributed by atoms with Crippen LogP contribution in [0.4, 0.5) is 0 Å². The lowest BCUT2D eigenvalue weighted by atomic mass is 10.2. The van der Waals surface area contributed by atoms with E-state index >= 15 is 0 Å². The molecule has 1 amide bonds. The molecule has 1 unspecified atom stereocenters. The predicted molar refractivity (Wildman–Crippen MR) is 66.0 cm³/mol. The van der Waals surface area contributed by atoms with Crippen LogP contribution < -0.4 is 5.32 Å². The first-order valence-corrected chi connectivity index (χ1v) is 6.00. The van der Waals surface area contributed by atoms with Gasteiger partial charge in [-0.05, 0) is 18.2 Å². The van der Waals surface area contributed by atoms with Crippen molar-refractivity contribution in [2.75, 3.05) is 26.4 Å². The number of ether oxygens (including phenoxy) is 2. The van der Waals surface area contributed by atoms with Gasteiger partial charge in [-0.2, -0.15) is 0 Å². The van der Waals surface area contributed by atoms with Crippen LogP contribution in [0.25, 0.3) is 0 Å². The van der Waals surface area contributed by atoms with Gasteiger partial charge in [-0.3, -0.25) is 4.79 Å². The van der Waals surface area contributed by atoms with Gasteiger partial charge in [-0.15, -0.1) is 0 Å². The highest BCUT2D eigenvalue weighted by molar-refractivity contribution is 6.33. The first kappa shape index (κ1) is 13.1. The Morgan fingerprint density at radius 3 is 3.06 bits per heavy atom. The van der Waals surface area contributed by atoms with E-state index in [1.165, 1.54) is 18.2 Å². The van der Waals surface area contributed by atoms with Gasteiger partial charge in [0.25, 0.3) is 5.91 Å². The Kier molecular flexibility index (Phi) is 4.41. The maximum Gasteiger partial charge on any atom is 0.253 e. The van der Waals surface area contributed by atoms with Crippen LogP contribution in [0.15, 0.2) is 18.2 Å². The molecular formula is C12H14ClNO4. The Morgan fingerprint density at radius 1 is 1.50 bits per heavy atom. The molecule has 1 atom stereocenters. The number of rotatable bonds is 3. The molecule has 1 aliphatic rings. The van der Waals surface area contributed by atoms with Crippen molar-refractivity contribution < 1.29 is 19.4 Å². The van der Waals surface area contributed by atoms with Crippen molar-refractivity contribution in [1.29, 1.82) is 0 Å². The number of benzene rings is 1. The summed E-state index contributed by atoms with van der Waals surface area (Å²) in [4.78, 5) is 11.9. The molecule has 1 aliphatic heterocycles. The molecule has 0 aromatic heterocycles. The fourth-order valence-corrected chi connectivity index (χ4v) is 1.85. The molecule has 98 valence electrons. The molecule has 1 aromatic rings. The van der Waals surface area contributed by atoms with E-state index in [9.17, 15) is 9.90 Å². The lowest BCUT2D eigenvalue weighted by molar-refractivity contribution is -0.0855. The summed E-state index contributed by atoms with van der Waals surface area (Å²) in [7, 11) is 0. The third kappa shape index (κ3) is 3.35. The van der Waals surface area contributed by atoms with Crippen LogP contribution in [0.2, 0.25) is 5.02 Å². The van der Waals surface area contributed by atoms with Crippen molar-refractivity contribution in [3.8, 4) is 5.75 Å². The highest BCUT2D eigenvalue weighted by Gasteiger charge is 2.17. The minimum Gasteiger partial charge on any atom is -0.508 e. The molecule has 0 bridgehead atoms. The lowest BCUT2D eigenvalue weighted by Gasteiger charge is -2.23. The van der Waals surface area contributed by atoms with E-state index < -0.39 is 0 Å². The Balaban J connectivity index is 1.92. The molecule has 0 aliphatic carbocycles. The Morgan fingerprint density at radius 2 is 2.33 bits per heavy atom. The number of carbonyl (C=O) groups is 1. The number of carbonyl (C=O) groups excluding carboxylic acids is 1. The molecule has 1 saturated heterocycles. The molecule has 6 heteroatoms. The SMILES string of the molecule is O=C(NCC1COCCO1)c1cc(O)ccc1Cl. The summed E-state index contributed by atoms with van der Waals surface area (Å²) >= 11 is 5.88. The molecule has 5 nitrogen and oxygen atoms in total. The second-order valence-corrected chi connectivity index (χ2v) is 4.35. The fraction of sp³-hybridized carbons (Fsp3) is 0.417. The van der Waals surface area contributed by atoms with Gasteiger partial charge in [-0.25, -0.2) is 0 Å². The lowest BCUT2D eigenvalue weighted by Crippen LogP contribution is -2.39. The maximum atomic E-state index is 11.9. The predicted octanol–water partition coefficient (Wildman–Crippen LogP) is 1.19. The zero-order valence-corrected chi connectivity index (χ0v) is 10.4. The summed E-state index contributed by atoms with van der Waals surface area (Å²) in [6, 6.07) is 4.24. The van der Waals surface area contributed by atoms with E-state index in [2.05, 4.69) is 5.32 Å². The Bertz CT molecular complexity index is 432. The van der Waals surface area contributed by atoms with Gasteiger partial charge in [-0.1, -0.05) is 11.6 Å². The van der Waals surface area contributed by atoms with Crippen molar-refractivity contribution in [1.82, 2.24) is 5.32 Å². The van der Waals surface area contributed by atoms with Gasteiger partial charge in [0.15, 0.2) is 0 Å². The summed E-state index contributed by atoms with van der Waals surface area (Å²) < 4.78 is 10.6. The highest BCUT2D eigenvalue weighted by atomic mass is 35.5. The van der Waals surface area contributed by atoms with Crippen LogP contribution in [0.5, 0.6) is 5.75 Å². The number of phenols is 1. The number of hydrogen-bond acceptors (Lipinski definition) is 4. The maximum absolute atomic E-state index is 11.9. The summed E-state index contributed by atoms with van der Waals surface area (Å²) in [5, 5.41) is 12.3. The number of halogens is 1. The van der Waals surface area contributed by atoms with Crippen molar-refractivity contribution in [3.05, 3.63) is 28.8 Å². The smallest absolute Gasteiger partial charge is 0.253 e. The van der Waals surface area contributed by atoms with Crippen LogP contribution in [0.1, 0.15) is 10.4 Å². The zero-order valence-electron chi connectivity index (χ0n) is 9.69. The van der Waals surface area contributed by atoms with E-state index in [4.69, 9.17) is 21.1 Å². The number of hydrogen-bond donors (Lipinski definition) is 2. The molecule has 0 spiro atoms. The molecule has 2 N–H and O–H groups in total. The molecular weight excluding hydrogens is 258 g/mol. The van der Waals surface area contributed by atoms with Gasteiger partial charge >= 0.3 is 0 Å². The largest absolute Gasteiger partial charge is 0.508 e. The summed E-state index contributed by atoms with van der Waals surface area (Å²) in [5.41, 5.74) is 0.244. The summed E-state index contributed by atoms with van der Waals surface area (Å²) in [5.74, 6) is -0.341.